The number of carbonyl (C=O) groups is 1. The molecule has 0 radical (unpaired) electrons. The second-order valence-corrected chi connectivity index (χ2v) is 8.71. The number of carbonyl (C=O) groups excluding carboxylic acids is 1. The van der Waals surface area contributed by atoms with Crippen LogP contribution in [0.3, 0.4) is 0 Å². The third kappa shape index (κ3) is 3.94. The molecule has 12 heteroatoms. The van der Waals surface area contributed by atoms with Crippen molar-refractivity contribution < 1.29 is 36.2 Å². The minimum absolute atomic E-state index is 0.0488. The molecule has 36 heavy (non-hydrogen) atoms. The van der Waals surface area contributed by atoms with Gasteiger partial charge in [-0.25, -0.2) is 9.97 Å². The van der Waals surface area contributed by atoms with Crippen LogP contribution in [0.15, 0.2) is 36.5 Å². The lowest BCUT2D eigenvalue weighted by atomic mass is 9.99. The second-order valence-electron chi connectivity index (χ2n) is 8.71. The van der Waals surface area contributed by atoms with Crippen LogP contribution >= 0.6 is 0 Å². The monoisotopic (exact) mass is 508 g/mol. The van der Waals surface area contributed by atoms with E-state index in [1.807, 2.05) is 6.92 Å². The normalized spacial score (nSPS) is 20.6. The number of anilines is 1. The van der Waals surface area contributed by atoms with Crippen molar-refractivity contribution in [2.24, 2.45) is 0 Å². The van der Waals surface area contributed by atoms with Gasteiger partial charge in [-0.2, -0.15) is 22.0 Å². The number of rotatable bonds is 3. The molecule has 0 spiro atoms. The average molecular weight is 508 g/mol. The van der Waals surface area contributed by atoms with Gasteiger partial charge in [0.05, 0.1) is 43.7 Å². The maximum atomic E-state index is 13.7. The van der Waals surface area contributed by atoms with Gasteiger partial charge in [0, 0.05) is 23.1 Å². The molecule has 0 saturated carbocycles. The highest BCUT2D eigenvalue weighted by molar-refractivity contribution is 5.97. The van der Waals surface area contributed by atoms with Crippen molar-refractivity contribution in [2.45, 2.75) is 37.8 Å². The standard InChI is InChI=1S/C24H21F5N4O3/c1-12-20-16(10-36-12)15-8-17(31-9-18(15)32-21(20)30)22(34)33-6-7-35-11-19(33)13-2-4-14(5-3-13)23(25,26)24(27,28)29/h2-5,8-9,12,19H,6-7,10-11H2,1H3,(H2,30,32)/t12-,19-/m1/s1. The van der Waals surface area contributed by atoms with Gasteiger partial charge in [0.1, 0.15) is 11.5 Å². The van der Waals surface area contributed by atoms with Crippen LogP contribution < -0.4 is 5.73 Å². The first kappa shape index (κ1) is 24.3. The number of aromatic nitrogens is 2. The third-order valence-electron chi connectivity index (χ3n) is 6.56. The molecule has 2 atom stereocenters. The molecule has 1 fully saturated rings. The van der Waals surface area contributed by atoms with Gasteiger partial charge in [0.2, 0.25) is 0 Å². The predicted octanol–water partition coefficient (Wildman–Crippen LogP) is 4.67. The fraction of sp³-hybridized carbons (Fsp3) is 0.375. The largest absolute Gasteiger partial charge is 0.458 e. The first-order valence-electron chi connectivity index (χ1n) is 11.1. The summed E-state index contributed by atoms with van der Waals surface area (Å²) in [5.74, 6) is -5.08. The molecule has 3 aromatic rings. The molecule has 2 N–H and O–H groups in total. The van der Waals surface area contributed by atoms with Crippen LogP contribution in [0.2, 0.25) is 0 Å². The number of hydrogen-bond donors (Lipinski definition) is 1. The molecule has 5 rings (SSSR count). The predicted molar refractivity (Wildman–Crippen MR) is 118 cm³/mol. The minimum Gasteiger partial charge on any atom is -0.383 e. The number of amides is 1. The smallest absolute Gasteiger partial charge is 0.383 e. The zero-order chi connectivity index (χ0) is 25.8. The fourth-order valence-electron chi connectivity index (χ4n) is 4.63. The van der Waals surface area contributed by atoms with Gasteiger partial charge in [-0.05, 0) is 24.1 Å². The van der Waals surface area contributed by atoms with Crippen LogP contribution in [-0.4, -0.2) is 46.7 Å². The number of hydrogen-bond acceptors (Lipinski definition) is 6. The second kappa shape index (κ2) is 8.63. The lowest BCUT2D eigenvalue weighted by Crippen LogP contribution is -2.43. The Balaban J connectivity index is 1.46. The van der Waals surface area contributed by atoms with Crippen LogP contribution in [0.5, 0.6) is 0 Å². The van der Waals surface area contributed by atoms with Crippen LogP contribution in [-0.2, 0) is 22.0 Å². The Bertz CT molecular complexity index is 1330. The number of nitrogens with zero attached hydrogens (tertiary/aromatic N) is 3. The summed E-state index contributed by atoms with van der Waals surface area (Å²) in [7, 11) is 0. The van der Waals surface area contributed by atoms with E-state index in [0.29, 0.717) is 28.9 Å². The van der Waals surface area contributed by atoms with Crippen molar-refractivity contribution in [3.05, 3.63) is 64.5 Å². The van der Waals surface area contributed by atoms with E-state index in [2.05, 4.69) is 9.97 Å². The molecule has 7 nitrogen and oxygen atoms in total. The molecular weight excluding hydrogens is 487 g/mol. The summed E-state index contributed by atoms with van der Waals surface area (Å²) in [6, 6.07) is 4.66. The Labute approximate surface area is 202 Å². The Morgan fingerprint density at radius 2 is 1.89 bits per heavy atom. The highest BCUT2D eigenvalue weighted by atomic mass is 19.4. The summed E-state index contributed by atoms with van der Waals surface area (Å²) in [6.07, 6.45) is -4.50. The summed E-state index contributed by atoms with van der Waals surface area (Å²) in [5.41, 5.74) is 7.50. The zero-order valence-corrected chi connectivity index (χ0v) is 19.0. The summed E-state index contributed by atoms with van der Waals surface area (Å²) in [4.78, 5) is 23.6. The van der Waals surface area contributed by atoms with E-state index in [4.69, 9.17) is 15.2 Å². The van der Waals surface area contributed by atoms with Gasteiger partial charge in [-0.3, -0.25) is 4.79 Å². The van der Waals surface area contributed by atoms with Crippen LogP contribution in [0.4, 0.5) is 27.8 Å². The number of morpholine rings is 1. The molecule has 190 valence electrons. The van der Waals surface area contributed by atoms with Gasteiger partial charge in [-0.15, -0.1) is 0 Å². The van der Waals surface area contributed by atoms with Crippen molar-refractivity contribution >= 4 is 22.6 Å². The molecule has 1 saturated heterocycles. The molecule has 4 heterocycles. The van der Waals surface area contributed by atoms with E-state index >= 15 is 0 Å². The highest BCUT2D eigenvalue weighted by Crippen LogP contribution is 2.44. The van der Waals surface area contributed by atoms with Crippen molar-refractivity contribution in [3.8, 4) is 0 Å². The Kier molecular flexibility index (Phi) is 5.83. The van der Waals surface area contributed by atoms with Gasteiger partial charge in [0.25, 0.3) is 5.91 Å². The SMILES string of the molecule is C[C@H]1OCc2c1c(N)nc1cnc(C(=O)N3CCOC[C@@H]3c3ccc(C(F)(F)C(F)(F)F)cc3)cc21. The van der Waals surface area contributed by atoms with Gasteiger partial charge < -0.3 is 20.1 Å². The van der Waals surface area contributed by atoms with Crippen molar-refractivity contribution in [1.29, 1.82) is 0 Å². The molecule has 2 aliphatic heterocycles. The van der Waals surface area contributed by atoms with Crippen molar-refractivity contribution in [3.63, 3.8) is 0 Å². The average Bonchev–Trinajstić information content (AvgIpc) is 3.25. The van der Waals surface area contributed by atoms with Gasteiger partial charge in [0.15, 0.2) is 0 Å². The highest BCUT2D eigenvalue weighted by Gasteiger charge is 2.58. The Morgan fingerprint density at radius 3 is 2.58 bits per heavy atom. The van der Waals surface area contributed by atoms with Gasteiger partial charge in [-0.1, -0.05) is 24.3 Å². The van der Waals surface area contributed by atoms with Crippen molar-refractivity contribution in [1.82, 2.24) is 14.9 Å². The maximum Gasteiger partial charge on any atom is 0.458 e. The first-order chi connectivity index (χ1) is 17.0. The number of nitrogens with two attached hydrogens (primary N) is 1. The van der Waals surface area contributed by atoms with Crippen LogP contribution in [0, 0.1) is 0 Å². The molecule has 1 aromatic carbocycles. The number of alkyl halides is 5. The molecular formula is C24H21F5N4O3. The Hall–Kier alpha value is -3.38. The van der Waals surface area contributed by atoms with E-state index in [1.54, 1.807) is 6.07 Å². The number of ether oxygens (including phenoxy) is 2. The maximum absolute atomic E-state index is 13.7. The number of pyridine rings is 2. The zero-order valence-electron chi connectivity index (χ0n) is 19.0. The summed E-state index contributed by atoms with van der Waals surface area (Å²) in [6.45, 7) is 2.64. The quantitative estimate of drug-likeness (QED) is 0.517. The molecule has 0 unspecified atom stereocenters. The summed E-state index contributed by atoms with van der Waals surface area (Å²) < 4.78 is 76.7. The van der Waals surface area contributed by atoms with E-state index < -0.39 is 29.6 Å². The van der Waals surface area contributed by atoms with Crippen LogP contribution in [0.1, 0.15) is 51.8 Å². The summed E-state index contributed by atoms with van der Waals surface area (Å²) in [5, 5.41) is 0.686. The molecule has 1 amide bonds. The molecule has 0 bridgehead atoms. The number of halogens is 5. The molecule has 2 aliphatic rings. The van der Waals surface area contributed by atoms with Gasteiger partial charge >= 0.3 is 12.1 Å². The van der Waals surface area contributed by atoms with E-state index in [9.17, 15) is 26.7 Å². The van der Waals surface area contributed by atoms with Crippen molar-refractivity contribution in [2.75, 3.05) is 25.5 Å². The lowest BCUT2D eigenvalue weighted by Gasteiger charge is -2.36. The first-order valence-corrected chi connectivity index (χ1v) is 11.1. The van der Waals surface area contributed by atoms with E-state index in [0.717, 1.165) is 35.4 Å². The lowest BCUT2D eigenvalue weighted by molar-refractivity contribution is -0.289. The third-order valence-corrected chi connectivity index (χ3v) is 6.56. The summed E-state index contributed by atoms with van der Waals surface area (Å²) >= 11 is 0. The number of nitrogen functional groups attached to an aromatic ring is 1. The molecule has 2 aromatic heterocycles. The van der Waals surface area contributed by atoms with E-state index in [1.165, 1.54) is 11.1 Å². The van der Waals surface area contributed by atoms with Crippen LogP contribution in [0.25, 0.3) is 10.9 Å². The van der Waals surface area contributed by atoms with E-state index in [-0.39, 0.29) is 31.6 Å². The fourth-order valence-corrected chi connectivity index (χ4v) is 4.63. The molecule has 0 aliphatic carbocycles. The number of fused-ring (bicyclic) bond motifs is 3. The minimum atomic E-state index is -5.71. The Morgan fingerprint density at radius 1 is 1.17 bits per heavy atom. The number of benzene rings is 1. The topological polar surface area (TPSA) is 90.6 Å².